The first-order valence-electron chi connectivity index (χ1n) is 12.5. The Labute approximate surface area is 169 Å². The van der Waals surface area contributed by atoms with E-state index in [1.54, 1.807) is 0 Å². The van der Waals surface area contributed by atoms with Crippen LogP contribution in [0.2, 0.25) is 0 Å². The second-order valence-electron chi connectivity index (χ2n) is 9.15. The summed E-state index contributed by atoms with van der Waals surface area (Å²) < 4.78 is 0. The van der Waals surface area contributed by atoms with Crippen molar-refractivity contribution in [1.29, 1.82) is 0 Å². The Morgan fingerprint density at radius 2 is 1.00 bits per heavy atom. The lowest BCUT2D eigenvalue weighted by Gasteiger charge is -2.25. The van der Waals surface area contributed by atoms with Gasteiger partial charge in [-0.1, -0.05) is 116 Å². The number of carbonyl (C=O) groups is 1. The van der Waals surface area contributed by atoms with Gasteiger partial charge in [0.15, 0.2) is 0 Å². The number of aliphatic carboxylic acids is 1. The predicted octanol–water partition coefficient (Wildman–Crippen LogP) is 8.53. The Kier molecular flexibility index (Phi) is 15.9. The molecule has 1 saturated carbocycles. The van der Waals surface area contributed by atoms with E-state index in [0.29, 0.717) is 0 Å². The number of hydrogen-bond donors (Lipinski definition) is 1. The molecule has 0 aromatic carbocycles. The molecule has 1 aliphatic carbocycles. The van der Waals surface area contributed by atoms with Gasteiger partial charge < -0.3 is 5.11 Å². The van der Waals surface area contributed by atoms with Gasteiger partial charge in [0, 0.05) is 0 Å². The molecule has 1 N–H and O–H groups in total. The minimum atomic E-state index is -0.573. The van der Waals surface area contributed by atoms with Crippen LogP contribution >= 0.6 is 0 Å². The van der Waals surface area contributed by atoms with E-state index in [4.69, 9.17) is 5.11 Å². The van der Waals surface area contributed by atoms with Gasteiger partial charge in [-0.15, -0.1) is 0 Å². The van der Waals surface area contributed by atoms with E-state index < -0.39 is 5.97 Å². The van der Waals surface area contributed by atoms with Crippen LogP contribution in [0.3, 0.4) is 0 Å². The summed E-state index contributed by atoms with van der Waals surface area (Å²) in [4.78, 5) is 11.0. The van der Waals surface area contributed by atoms with Crippen molar-refractivity contribution >= 4 is 5.97 Å². The fourth-order valence-corrected chi connectivity index (χ4v) is 4.68. The molecule has 0 aromatic heterocycles. The molecule has 0 saturated heterocycles. The summed E-state index contributed by atoms with van der Waals surface area (Å²) in [6.45, 7) is 2.29. The third-order valence-corrected chi connectivity index (χ3v) is 6.66. The van der Waals surface area contributed by atoms with Crippen LogP contribution in [-0.4, -0.2) is 11.1 Å². The second-order valence-corrected chi connectivity index (χ2v) is 9.15. The van der Waals surface area contributed by atoms with Gasteiger partial charge in [-0.05, 0) is 31.6 Å². The number of carboxylic acids is 1. The van der Waals surface area contributed by atoms with E-state index in [0.717, 1.165) is 31.6 Å². The second kappa shape index (κ2) is 17.6. The smallest absolute Gasteiger partial charge is 0.306 e. The molecule has 1 aliphatic rings. The molecular formula is C25H48O2. The fourth-order valence-electron chi connectivity index (χ4n) is 4.68. The molecule has 2 heteroatoms. The van der Waals surface area contributed by atoms with Gasteiger partial charge in [-0.2, -0.15) is 0 Å². The summed E-state index contributed by atoms with van der Waals surface area (Å²) >= 11 is 0. The van der Waals surface area contributed by atoms with Crippen LogP contribution in [0.5, 0.6) is 0 Å². The molecule has 0 spiro atoms. The number of rotatable bonds is 18. The molecule has 0 bridgehead atoms. The van der Waals surface area contributed by atoms with Crippen molar-refractivity contribution in [2.45, 2.75) is 142 Å². The topological polar surface area (TPSA) is 37.3 Å². The summed E-state index contributed by atoms with van der Waals surface area (Å²) in [5, 5.41) is 9.05. The molecule has 0 atom stereocenters. The lowest BCUT2D eigenvalue weighted by atomic mass is 9.80. The molecule has 0 heterocycles. The summed E-state index contributed by atoms with van der Waals surface area (Å²) in [5.41, 5.74) is 0. The van der Waals surface area contributed by atoms with Gasteiger partial charge in [-0.3, -0.25) is 4.79 Å². The van der Waals surface area contributed by atoms with E-state index in [9.17, 15) is 4.79 Å². The molecule has 1 fully saturated rings. The van der Waals surface area contributed by atoms with E-state index in [1.165, 1.54) is 109 Å². The molecule has 0 radical (unpaired) electrons. The van der Waals surface area contributed by atoms with Crippen molar-refractivity contribution < 1.29 is 9.90 Å². The van der Waals surface area contributed by atoms with Crippen LogP contribution in [0.25, 0.3) is 0 Å². The van der Waals surface area contributed by atoms with Crippen LogP contribution < -0.4 is 0 Å². The normalized spacial score (nSPS) is 20.0. The Morgan fingerprint density at radius 1 is 0.630 bits per heavy atom. The lowest BCUT2D eigenvalue weighted by molar-refractivity contribution is -0.143. The Hall–Kier alpha value is -0.530. The molecule has 1 rings (SSSR count). The van der Waals surface area contributed by atoms with Crippen LogP contribution in [-0.2, 0) is 4.79 Å². The average molecular weight is 381 g/mol. The molecule has 0 aromatic rings. The third kappa shape index (κ3) is 14.2. The van der Waals surface area contributed by atoms with E-state index in [-0.39, 0.29) is 5.92 Å². The number of unbranched alkanes of at least 4 members (excludes halogenated alkanes) is 15. The third-order valence-electron chi connectivity index (χ3n) is 6.66. The van der Waals surface area contributed by atoms with Crippen molar-refractivity contribution in [1.82, 2.24) is 0 Å². The first-order chi connectivity index (χ1) is 13.2. The maximum absolute atomic E-state index is 11.0. The highest BCUT2D eigenvalue weighted by Gasteiger charge is 2.25. The standard InChI is InChI=1S/C25H48O2/c1-2-3-4-5-6-7-8-9-10-11-12-13-14-15-16-17-18-23-19-21-24(22-20-23)25(26)27/h23-24H,2-22H2,1H3,(H,26,27). The van der Waals surface area contributed by atoms with Gasteiger partial charge in [-0.25, -0.2) is 0 Å². The number of carboxylic acid groups (broad SMARTS) is 1. The van der Waals surface area contributed by atoms with Gasteiger partial charge in [0.1, 0.15) is 0 Å². The first-order valence-corrected chi connectivity index (χ1v) is 12.5. The van der Waals surface area contributed by atoms with Crippen molar-refractivity contribution in [2.75, 3.05) is 0 Å². The van der Waals surface area contributed by atoms with Crippen molar-refractivity contribution in [3.63, 3.8) is 0 Å². The van der Waals surface area contributed by atoms with Gasteiger partial charge in [0.2, 0.25) is 0 Å². The summed E-state index contributed by atoms with van der Waals surface area (Å²) in [6.07, 6.45) is 28.3. The van der Waals surface area contributed by atoms with E-state index in [1.807, 2.05) is 0 Å². The highest BCUT2D eigenvalue weighted by Crippen LogP contribution is 2.32. The lowest BCUT2D eigenvalue weighted by Crippen LogP contribution is -2.21. The Balaban J connectivity index is 1.73. The molecule has 160 valence electrons. The minimum absolute atomic E-state index is 0.0490. The summed E-state index contributed by atoms with van der Waals surface area (Å²) in [6, 6.07) is 0. The molecule has 0 amide bonds. The quantitative estimate of drug-likeness (QED) is 0.242. The first kappa shape index (κ1) is 24.5. The van der Waals surface area contributed by atoms with Crippen LogP contribution in [0.4, 0.5) is 0 Å². The molecule has 2 nitrogen and oxygen atoms in total. The van der Waals surface area contributed by atoms with Crippen LogP contribution in [0.15, 0.2) is 0 Å². The monoisotopic (exact) mass is 380 g/mol. The highest BCUT2D eigenvalue weighted by molar-refractivity contribution is 5.69. The Bertz CT molecular complexity index is 331. The number of hydrogen-bond acceptors (Lipinski definition) is 1. The Morgan fingerprint density at radius 3 is 1.37 bits per heavy atom. The van der Waals surface area contributed by atoms with Crippen molar-refractivity contribution in [2.24, 2.45) is 11.8 Å². The van der Waals surface area contributed by atoms with Gasteiger partial charge in [0.25, 0.3) is 0 Å². The van der Waals surface area contributed by atoms with Crippen molar-refractivity contribution in [3.8, 4) is 0 Å². The van der Waals surface area contributed by atoms with Crippen LogP contribution in [0, 0.1) is 11.8 Å². The van der Waals surface area contributed by atoms with Gasteiger partial charge >= 0.3 is 5.97 Å². The zero-order chi connectivity index (χ0) is 19.6. The van der Waals surface area contributed by atoms with E-state index in [2.05, 4.69) is 6.92 Å². The predicted molar refractivity (Wildman–Crippen MR) is 117 cm³/mol. The SMILES string of the molecule is CCCCCCCCCCCCCCCCCCC1CCC(C(=O)O)CC1. The minimum Gasteiger partial charge on any atom is -0.481 e. The van der Waals surface area contributed by atoms with Gasteiger partial charge in [0.05, 0.1) is 5.92 Å². The molecule has 0 unspecified atom stereocenters. The fraction of sp³-hybridized carbons (Fsp3) is 0.960. The maximum atomic E-state index is 11.0. The van der Waals surface area contributed by atoms with Crippen molar-refractivity contribution in [3.05, 3.63) is 0 Å². The summed E-state index contributed by atoms with van der Waals surface area (Å²) in [7, 11) is 0. The van der Waals surface area contributed by atoms with Crippen LogP contribution in [0.1, 0.15) is 142 Å². The zero-order valence-electron chi connectivity index (χ0n) is 18.4. The molecular weight excluding hydrogens is 332 g/mol. The largest absolute Gasteiger partial charge is 0.481 e. The maximum Gasteiger partial charge on any atom is 0.306 e. The van der Waals surface area contributed by atoms with E-state index >= 15 is 0 Å². The average Bonchev–Trinajstić information content (AvgIpc) is 2.68. The highest BCUT2D eigenvalue weighted by atomic mass is 16.4. The molecule has 27 heavy (non-hydrogen) atoms. The summed E-state index contributed by atoms with van der Waals surface area (Å²) in [5.74, 6) is 0.190. The molecule has 0 aliphatic heterocycles. The zero-order valence-corrected chi connectivity index (χ0v) is 18.4.